The van der Waals surface area contributed by atoms with Crippen molar-refractivity contribution in [1.29, 1.82) is 5.26 Å². The molecule has 0 fully saturated rings. The Hall–Kier alpha value is -2.02. The molecule has 0 aliphatic carbocycles. The van der Waals surface area contributed by atoms with Crippen LogP contribution in [0, 0.1) is 16.7 Å². The fourth-order valence-corrected chi connectivity index (χ4v) is 2.09. The smallest absolute Gasteiger partial charge is 0.259 e. The molecule has 1 unspecified atom stereocenters. The maximum Gasteiger partial charge on any atom is 0.259 e. The lowest BCUT2D eigenvalue weighted by Gasteiger charge is -2.28. The van der Waals surface area contributed by atoms with Crippen LogP contribution in [0.3, 0.4) is 0 Å². The third-order valence-corrected chi connectivity index (χ3v) is 3.33. The van der Waals surface area contributed by atoms with E-state index in [4.69, 9.17) is 9.47 Å². The summed E-state index contributed by atoms with van der Waals surface area (Å²) in [6, 6.07) is 9.61. The van der Waals surface area contributed by atoms with Crippen molar-refractivity contribution >= 4 is 6.29 Å². The van der Waals surface area contributed by atoms with Crippen LogP contribution >= 0.6 is 0 Å². The first kappa shape index (κ1) is 12.4. The molecule has 94 valence electrons. The first-order chi connectivity index (χ1) is 8.75. The molecule has 0 N–H and O–H groups in total. The van der Waals surface area contributed by atoms with E-state index in [0.29, 0.717) is 30.8 Å². The van der Waals surface area contributed by atoms with Crippen molar-refractivity contribution in [3.8, 4) is 17.6 Å². The number of benzene rings is 1. The first-order valence-electron chi connectivity index (χ1n) is 6.03. The minimum Gasteiger partial charge on any atom is -0.449 e. The van der Waals surface area contributed by atoms with E-state index in [0.717, 1.165) is 6.29 Å². The van der Waals surface area contributed by atoms with E-state index >= 15 is 0 Å². The maximum absolute atomic E-state index is 10.5. The largest absolute Gasteiger partial charge is 0.449 e. The lowest BCUT2D eigenvalue weighted by atomic mass is 9.81. The summed E-state index contributed by atoms with van der Waals surface area (Å²) >= 11 is 0. The number of aldehydes is 1. The molecule has 0 bridgehead atoms. The standard InChI is InChI=1S/C14H15NO3/c1-2-14(10-15,8-5-9-16)13-17-11-6-3-4-7-12(11)18-13/h3-4,6-7,9,13H,2,5,8H2,1H3. The number of fused-ring (bicyclic) bond motifs is 1. The molecule has 18 heavy (non-hydrogen) atoms. The van der Waals surface area contributed by atoms with Crippen LogP contribution in [0.2, 0.25) is 0 Å². The Morgan fingerprint density at radius 1 is 1.39 bits per heavy atom. The van der Waals surface area contributed by atoms with Crippen molar-refractivity contribution in [3.63, 3.8) is 0 Å². The van der Waals surface area contributed by atoms with Crippen molar-refractivity contribution in [2.24, 2.45) is 5.41 Å². The molecule has 1 heterocycles. The van der Waals surface area contributed by atoms with Crippen LogP contribution in [-0.4, -0.2) is 12.6 Å². The third-order valence-electron chi connectivity index (χ3n) is 3.33. The van der Waals surface area contributed by atoms with E-state index in [1.165, 1.54) is 0 Å². The maximum atomic E-state index is 10.5. The highest BCUT2D eigenvalue weighted by Crippen LogP contribution is 2.43. The molecule has 0 saturated carbocycles. The van der Waals surface area contributed by atoms with Crippen molar-refractivity contribution in [3.05, 3.63) is 24.3 Å². The van der Waals surface area contributed by atoms with E-state index in [1.807, 2.05) is 31.2 Å². The minimum absolute atomic E-state index is 0.334. The highest BCUT2D eigenvalue weighted by Gasteiger charge is 2.44. The van der Waals surface area contributed by atoms with E-state index < -0.39 is 11.7 Å². The molecule has 1 aliphatic heterocycles. The summed E-state index contributed by atoms with van der Waals surface area (Å²) in [6.45, 7) is 1.91. The first-order valence-corrected chi connectivity index (χ1v) is 6.03. The lowest BCUT2D eigenvalue weighted by Crippen LogP contribution is -2.39. The molecule has 0 saturated heterocycles. The highest BCUT2D eigenvalue weighted by atomic mass is 16.7. The Balaban J connectivity index is 2.21. The summed E-state index contributed by atoms with van der Waals surface area (Å²) < 4.78 is 11.4. The van der Waals surface area contributed by atoms with Crippen LogP contribution < -0.4 is 9.47 Å². The fraction of sp³-hybridized carbons (Fsp3) is 0.429. The van der Waals surface area contributed by atoms with E-state index in [-0.39, 0.29) is 0 Å². The zero-order valence-electron chi connectivity index (χ0n) is 10.3. The zero-order chi connectivity index (χ0) is 13.0. The van der Waals surface area contributed by atoms with Crippen molar-refractivity contribution < 1.29 is 14.3 Å². The molecule has 0 spiro atoms. The second-order valence-electron chi connectivity index (χ2n) is 4.34. The predicted molar refractivity (Wildman–Crippen MR) is 65.1 cm³/mol. The van der Waals surface area contributed by atoms with Gasteiger partial charge in [0.15, 0.2) is 11.5 Å². The lowest BCUT2D eigenvalue weighted by molar-refractivity contribution is -0.109. The van der Waals surface area contributed by atoms with Crippen molar-refractivity contribution in [2.75, 3.05) is 0 Å². The van der Waals surface area contributed by atoms with Gasteiger partial charge in [0.1, 0.15) is 11.7 Å². The van der Waals surface area contributed by atoms with Crippen LogP contribution in [0.5, 0.6) is 11.5 Å². The Labute approximate surface area is 106 Å². The molecular formula is C14H15NO3. The Morgan fingerprint density at radius 2 is 2.00 bits per heavy atom. The number of carbonyl (C=O) groups excluding carboxylic acids is 1. The zero-order valence-corrected chi connectivity index (χ0v) is 10.3. The number of nitrogens with zero attached hydrogens (tertiary/aromatic N) is 1. The van der Waals surface area contributed by atoms with Crippen LogP contribution in [0.1, 0.15) is 26.2 Å². The van der Waals surface area contributed by atoms with Gasteiger partial charge < -0.3 is 14.3 Å². The van der Waals surface area contributed by atoms with Gasteiger partial charge in [-0.2, -0.15) is 5.26 Å². The van der Waals surface area contributed by atoms with E-state index in [2.05, 4.69) is 6.07 Å². The monoisotopic (exact) mass is 245 g/mol. The molecule has 4 nitrogen and oxygen atoms in total. The number of rotatable bonds is 5. The summed E-state index contributed by atoms with van der Waals surface area (Å²) in [4.78, 5) is 10.5. The average Bonchev–Trinajstić information content (AvgIpc) is 2.85. The van der Waals surface area contributed by atoms with Crippen LogP contribution in [0.25, 0.3) is 0 Å². The van der Waals surface area contributed by atoms with Gasteiger partial charge in [0.25, 0.3) is 6.29 Å². The van der Waals surface area contributed by atoms with Crippen LogP contribution in [-0.2, 0) is 4.79 Å². The van der Waals surface area contributed by atoms with Gasteiger partial charge in [-0.1, -0.05) is 19.1 Å². The molecule has 0 aromatic heterocycles. The van der Waals surface area contributed by atoms with Gasteiger partial charge >= 0.3 is 0 Å². The third kappa shape index (κ3) is 2.04. The summed E-state index contributed by atoms with van der Waals surface area (Å²) in [6.07, 6.45) is 1.55. The molecule has 1 atom stereocenters. The van der Waals surface area contributed by atoms with Gasteiger partial charge in [-0.3, -0.25) is 0 Å². The Morgan fingerprint density at radius 3 is 2.44 bits per heavy atom. The topological polar surface area (TPSA) is 59.3 Å². The Kier molecular flexibility index (Phi) is 3.52. The van der Waals surface area contributed by atoms with Gasteiger partial charge in [0.2, 0.25) is 0 Å². The second-order valence-corrected chi connectivity index (χ2v) is 4.34. The number of hydrogen-bond acceptors (Lipinski definition) is 4. The van der Waals surface area contributed by atoms with Gasteiger partial charge in [-0.05, 0) is 25.0 Å². The average molecular weight is 245 g/mol. The molecule has 0 amide bonds. The molecule has 0 radical (unpaired) electrons. The van der Waals surface area contributed by atoms with Crippen LogP contribution in [0.15, 0.2) is 24.3 Å². The number of ether oxygens (including phenoxy) is 2. The van der Waals surface area contributed by atoms with Crippen molar-refractivity contribution in [1.82, 2.24) is 0 Å². The summed E-state index contributed by atoms with van der Waals surface area (Å²) in [5, 5.41) is 9.42. The van der Waals surface area contributed by atoms with Crippen molar-refractivity contribution in [2.45, 2.75) is 32.5 Å². The highest BCUT2D eigenvalue weighted by molar-refractivity contribution is 5.49. The molecular weight excluding hydrogens is 230 g/mol. The van der Waals surface area contributed by atoms with Crippen LogP contribution in [0.4, 0.5) is 0 Å². The van der Waals surface area contributed by atoms with Gasteiger partial charge in [0, 0.05) is 6.42 Å². The number of nitriles is 1. The summed E-state index contributed by atoms with van der Waals surface area (Å²) in [7, 11) is 0. The predicted octanol–water partition coefficient (Wildman–Crippen LogP) is 2.68. The molecule has 1 aromatic rings. The number of hydrogen-bond donors (Lipinski definition) is 0. The van der Waals surface area contributed by atoms with Gasteiger partial charge in [-0.25, -0.2) is 0 Å². The van der Waals surface area contributed by atoms with Gasteiger partial charge in [-0.15, -0.1) is 0 Å². The molecule has 1 aliphatic rings. The molecule has 1 aromatic carbocycles. The number of carbonyl (C=O) groups is 1. The quantitative estimate of drug-likeness (QED) is 0.748. The normalized spacial score (nSPS) is 16.9. The SMILES string of the molecule is CCC(C#N)(CCC=O)C1Oc2ccccc2O1. The van der Waals surface area contributed by atoms with E-state index in [9.17, 15) is 10.1 Å². The van der Waals surface area contributed by atoms with E-state index in [1.54, 1.807) is 0 Å². The molecule has 4 heteroatoms. The summed E-state index contributed by atoms with van der Waals surface area (Å²) in [5.74, 6) is 1.31. The summed E-state index contributed by atoms with van der Waals surface area (Å²) in [5.41, 5.74) is -0.778. The number of para-hydroxylation sites is 2. The second kappa shape index (κ2) is 5.09. The molecule has 2 rings (SSSR count). The van der Waals surface area contributed by atoms with Gasteiger partial charge in [0.05, 0.1) is 6.07 Å². The minimum atomic E-state index is -0.778. The fourth-order valence-electron chi connectivity index (χ4n) is 2.09. The Bertz CT molecular complexity index is 455.